The lowest BCUT2D eigenvalue weighted by atomic mass is 10.2. The molecule has 7 nitrogen and oxygen atoms in total. The molecule has 0 unspecified atom stereocenters. The molecule has 0 aromatic carbocycles. The second-order valence-corrected chi connectivity index (χ2v) is 6.28. The molecule has 0 spiro atoms. The molecule has 1 aliphatic heterocycles. The normalized spacial score (nSPS) is 17.0. The Morgan fingerprint density at radius 3 is 3.04 bits per heavy atom. The third kappa shape index (κ3) is 3.07. The summed E-state index contributed by atoms with van der Waals surface area (Å²) in [6.07, 6.45) is 9.29. The number of pyridine rings is 1. The van der Waals surface area contributed by atoms with Crippen molar-refractivity contribution in [1.82, 2.24) is 25.4 Å². The van der Waals surface area contributed by atoms with E-state index in [9.17, 15) is 4.79 Å². The summed E-state index contributed by atoms with van der Waals surface area (Å²) in [5, 5.41) is 1.78. The molecular formula is C17H21N5O2. The van der Waals surface area contributed by atoms with Crippen molar-refractivity contribution >= 4 is 11.6 Å². The predicted octanol–water partition coefficient (Wildman–Crippen LogP) is 1.83. The van der Waals surface area contributed by atoms with Gasteiger partial charge in [0.1, 0.15) is 5.65 Å². The van der Waals surface area contributed by atoms with E-state index in [0.717, 1.165) is 23.7 Å². The number of carbonyl (C=O) groups excluding carboxylic acids is 1. The molecule has 1 saturated carbocycles. The lowest BCUT2D eigenvalue weighted by Gasteiger charge is -2.12. The van der Waals surface area contributed by atoms with Gasteiger partial charge in [-0.2, -0.15) is 0 Å². The maximum Gasteiger partial charge on any atom is 0.357 e. The zero-order chi connectivity index (χ0) is 16.5. The first-order valence-electron chi connectivity index (χ1n) is 8.37. The third-order valence-corrected chi connectivity index (χ3v) is 4.18. The van der Waals surface area contributed by atoms with Crippen LogP contribution in [0.3, 0.4) is 0 Å². The largest absolute Gasteiger partial charge is 0.461 e. The SMILES string of the molecule is CCCOC(=O)C1=CN(Cc2cn3cc(C4CC4)ccc3n2)NN1. The number of carbonyl (C=O) groups is 1. The molecule has 0 amide bonds. The molecule has 1 fully saturated rings. The fraction of sp³-hybridized carbons (Fsp3) is 0.412. The summed E-state index contributed by atoms with van der Waals surface area (Å²) in [6, 6.07) is 4.23. The van der Waals surface area contributed by atoms with E-state index in [4.69, 9.17) is 4.74 Å². The van der Waals surface area contributed by atoms with E-state index in [1.807, 2.05) is 13.1 Å². The number of hydrazine groups is 2. The highest BCUT2D eigenvalue weighted by atomic mass is 16.5. The number of hydrogen-bond acceptors (Lipinski definition) is 6. The number of esters is 1. The van der Waals surface area contributed by atoms with Crippen LogP contribution in [0.2, 0.25) is 0 Å². The van der Waals surface area contributed by atoms with Gasteiger partial charge < -0.3 is 9.14 Å². The van der Waals surface area contributed by atoms with E-state index in [1.54, 1.807) is 11.2 Å². The Bertz CT molecular complexity index is 793. The van der Waals surface area contributed by atoms with Crippen LogP contribution < -0.4 is 11.0 Å². The first-order valence-corrected chi connectivity index (χ1v) is 8.37. The highest BCUT2D eigenvalue weighted by Gasteiger charge is 2.24. The summed E-state index contributed by atoms with van der Waals surface area (Å²) in [5.41, 5.74) is 9.42. The molecule has 24 heavy (non-hydrogen) atoms. The maximum atomic E-state index is 11.8. The Balaban J connectivity index is 1.44. The zero-order valence-corrected chi connectivity index (χ0v) is 13.7. The molecule has 1 aliphatic carbocycles. The van der Waals surface area contributed by atoms with Gasteiger partial charge in [0.2, 0.25) is 0 Å². The number of nitrogens with one attached hydrogen (secondary N) is 2. The van der Waals surface area contributed by atoms with Crippen LogP contribution in [0.25, 0.3) is 5.65 Å². The Kier molecular flexibility index (Phi) is 3.86. The van der Waals surface area contributed by atoms with Crippen LogP contribution in [0.4, 0.5) is 0 Å². The quantitative estimate of drug-likeness (QED) is 0.789. The highest BCUT2D eigenvalue weighted by Crippen LogP contribution is 2.39. The lowest BCUT2D eigenvalue weighted by Crippen LogP contribution is -2.37. The van der Waals surface area contributed by atoms with E-state index < -0.39 is 0 Å². The lowest BCUT2D eigenvalue weighted by molar-refractivity contribution is -0.139. The molecule has 0 atom stereocenters. The van der Waals surface area contributed by atoms with Crippen molar-refractivity contribution in [3.63, 3.8) is 0 Å². The second-order valence-electron chi connectivity index (χ2n) is 6.28. The number of nitrogens with zero attached hydrogens (tertiary/aromatic N) is 3. The first kappa shape index (κ1) is 15.0. The molecule has 3 heterocycles. The van der Waals surface area contributed by atoms with Crippen LogP contribution in [0, 0.1) is 0 Å². The number of ether oxygens (including phenoxy) is 1. The predicted molar refractivity (Wildman–Crippen MR) is 88.3 cm³/mol. The zero-order valence-electron chi connectivity index (χ0n) is 13.7. The summed E-state index contributed by atoms with van der Waals surface area (Å²) in [7, 11) is 0. The fourth-order valence-electron chi connectivity index (χ4n) is 2.78. The van der Waals surface area contributed by atoms with Gasteiger partial charge in [0, 0.05) is 12.4 Å². The molecule has 7 heteroatoms. The Labute approximate surface area is 140 Å². The van der Waals surface area contributed by atoms with Crippen LogP contribution in [0.15, 0.2) is 36.4 Å². The van der Waals surface area contributed by atoms with Gasteiger partial charge in [-0.05, 0) is 36.8 Å². The standard InChI is InChI=1S/C17H21N5O2/c1-2-7-24-17(23)15-11-22(20-19-15)10-14-9-21-8-13(12-3-4-12)5-6-16(21)18-14/h5-6,8-9,11-12,19-20H,2-4,7,10H2,1H3. The van der Waals surface area contributed by atoms with Gasteiger partial charge in [-0.15, -0.1) is 5.53 Å². The highest BCUT2D eigenvalue weighted by molar-refractivity contribution is 5.87. The monoisotopic (exact) mass is 327 g/mol. The Morgan fingerprint density at radius 2 is 2.25 bits per heavy atom. The van der Waals surface area contributed by atoms with Crippen molar-refractivity contribution in [2.45, 2.75) is 38.6 Å². The molecule has 0 radical (unpaired) electrons. The van der Waals surface area contributed by atoms with Crippen molar-refractivity contribution in [1.29, 1.82) is 0 Å². The van der Waals surface area contributed by atoms with E-state index in [0.29, 0.717) is 18.8 Å². The number of imidazole rings is 1. The van der Waals surface area contributed by atoms with Crippen molar-refractivity contribution in [3.05, 3.63) is 47.7 Å². The maximum absolute atomic E-state index is 11.8. The number of fused-ring (bicyclic) bond motifs is 1. The topological polar surface area (TPSA) is 70.9 Å². The van der Waals surface area contributed by atoms with E-state index in [-0.39, 0.29) is 5.97 Å². The van der Waals surface area contributed by atoms with Crippen molar-refractivity contribution in [3.8, 4) is 0 Å². The summed E-state index contributed by atoms with van der Waals surface area (Å²) >= 11 is 0. The summed E-state index contributed by atoms with van der Waals surface area (Å²) < 4.78 is 7.18. The number of rotatable bonds is 6. The molecule has 2 aromatic rings. The van der Waals surface area contributed by atoms with Crippen LogP contribution in [0.1, 0.15) is 43.4 Å². The average molecular weight is 327 g/mol. The smallest absolute Gasteiger partial charge is 0.357 e. The minimum atomic E-state index is -0.351. The molecular weight excluding hydrogens is 306 g/mol. The van der Waals surface area contributed by atoms with Crippen molar-refractivity contribution in [2.24, 2.45) is 0 Å². The number of hydrogen-bond donors (Lipinski definition) is 2. The van der Waals surface area contributed by atoms with Gasteiger partial charge in [-0.3, -0.25) is 10.4 Å². The van der Waals surface area contributed by atoms with Crippen LogP contribution in [-0.2, 0) is 16.1 Å². The van der Waals surface area contributed by atoms with Gasteiger partial charge in [0.25, 0.3) is 0 Å². The summed E-state index contributed by atoms with van der Waals surface area (Å²) in [5.74, 6) is 0.375. The van der Waals surface area contributed by atoms with E-state index >= 15 is 0 Å². The number of aromatic nitrogens is 2. The Morgan fingerprint density at radius 1 is 1.38 bits per heavy atom. The van der Waals surface area contributed by atoms with Crippen LogP contribution >= 0.6 is 0 Å². The van der Waals surface area contributed by atoms with Gasteiger partial charge in [0.15, 0.2) is 5.70 Å². The van der Waals surface area contributed by atoms with E-state index in [2.05, 4.69) is 38.7 Å². The molecule has 126 valence electrons. The molecule has 4 rings (SSSR count). The molecule has 2 aliphatic rings. The summed E-state index contributed by atoms with van der Waals surface area (Å²) in [6.45, 7) is 2.94. The fourth-order valence-corrected chi connectivity index (χ4v) is 2.78. The molecule has 2 aromatic heterocycles. The van der Waals surface area contributed by atoms with E-state index in [1.165, 1.54) is 18.4 Å². The third-order valence-electron chi connectivity index (χ3n) is 4.18. The minimum absolute atomic E-state index is 0.351. The van der Waals surface area contributed by atoms with Gasteiger partial charge in [-0.25, -0.2) is 9.78 Å². The molecule has 0 bridgehead atoms. The minimum Gasteiger partial charge on any atom is -0.461 e. The van der Waals surface area contributed by atoms with Crippen molar-refractivity contribution < 1.29 is 9.53 Å². The molecule has 0 saturated heterocycles. The molecule has 2 N–H and O–H groups in total. The first-order chi connectivity index (χ1) is 11.7. The van der Waals surface area contributed by atoms with Gasteiger partial charge in [0.05, 0.1) is 25.0 Å². The Hall–Kier alpha value is -2.54. The van der Waals surface area contributed by atoms with Gasteiger partial charge >= 0.3 is 5.97 Å². The average Bonchev–Trinajstić information content (AvgIpc) is 3.20. The van der Waals surface area contributed by atoms with Crippen LogP contribution in [-0.4, -0.2) is 27.0 Å². The second kappa shape index (κ2) is 6.16. The summed E-state index contributed by atoms with van der Waals surface area (Å²) in [4.78, 5) is 16.4. The van der Waals surface area contributed by atoms with Gasteiger partial charge in [-0.1, -0.05) is 13.0 Å². The van der Waals surface area contributed by atoms with Crippen LogP contribution in [0.5, 0.6) is 0 Å². The van der Waals surface area contributed by atoms with Crippen molar-refractivity contribution in [2.75, 3.05) is 6.61 Å².